The van der Waals surface area contributed by atoms with Gasteiger partial charge in [0.2, 0.25) is 0 Å². The van der Waals surface area contributed by atoms with E-state index < -0.39 is 8.53 Å². The number of hydrogen-bond acceptors (Lipinski definition) is 3. The minimum Gasteiger partial charge on any atom is -0.435 e. The zero-order chi connectivity index (χ0) is 13.3. The first-order valence-electron chi connectivity index (χ1n) is 6.48. The van der Waals surface area contributed by atoms with Gasteiger partial charge in [0.1, 0.15) is 5.75 Å². The van der Waals surface area contributed by atoms with E-state index in [1.165, 1.54) is 5.56 Å². The van der Waals surface area contributed by atoms with Crippen LogP contribution in [0.25, 0.3) is 0 Å². The van der Waals surface area contributed by atoms with Crippen LogP contribution in [0, 0.1) is 6.92 Å². The molecule has 1 aliphatic heterocycles. The van der Waals surface area contributed by atoms with Crippen LogP contribution in [0.2, 0.25) is 0 Å². The highest BCUT2D eigenvalue weighted by molar-refractivity contribution is 7.45. The third-order valence-corrected chi connectivity index (χ3v) is 5.03. The summed E-state index contributed by atoms with van der Waals surface area (Å²) in [7, 11) is -0.984. The average molecular weight is 267 g/mol. The molecule has 1 aromatic carbocycles. The van der Waals surface area contributed by atoms with E-state index in [1.54, 1.807) is 0 Å². The summed E-state index contributed by atoms with van der Waals surface area (Å²) < 4.78 is 14.3. The minimum absolute atomic E-state index is 0.418. The topological polar surface area (TPSA) is 21.7 Å². The van der Waals surface area contributed by atoms with Crippen molar-refractivity contribution in [1.82, 2.24) is 4.67 Å². The van der Waals surface area contributed by atoms with E-state index in [0.717, 1.165) is 11.3 Å². The molecular formula is C14H22NO2P. The van der Waals surface area contributed by atoms with Gasteiger partial charge in [0, 0.05) is 17.6 Å². The molecule has 4 heteroatoms. The minimum atomic E-state index is -0.984. The van der Waals surface area contributed by atoms with Gasteiger partial charge in [-0.05, 0) is 40.2 Å². The molecule has 0 saturated carbocycles. The SMILES string of the molecule is Cc1cccc2c1OP(N(C(C)C)C(C)C)OC2. The summed E-state index contributed by atoms with van der Waals surface area (Å²) >= 11 is 0. The lowest BCUT2D eigenvalue weighted by Crippen LogP contribution is -2.35. The Morgan fingerprint density at radius 2 is 1.83 bits per heavy atom. The molecule has 0 N–H and O–H groups in total. The molecule has 2 rings (SSSR count). The maximum atomic E-state index is 6.12. The Morgan fingerprint density at radius 3 is 2.44 bits per heavy atom. The Balaban J connectivity index is 2.23. The Morgan fingerprint density at radius 1 is 1.17 bits per heavy atom. The van der Waals surface area contributed by atoms with Gasteiger partial charge in [-0.15, -0.1) is 0 Å². The second-order valence-corrected chi connectivity index (χ2v) is 6.61. The number of aryl methyl sites for hydroxylation is 1. The first kappa shape index (κ1) is 13.8. The normalized spacial score (nSPS) is 19.2. The highest BCUT2D eigenvalue weighted by Crippen LogP contribution is 2.51. The summed E-state index contributed by atoms with van der Waals surface area (Å²) in [5.41, 5.74) is 2.34. The molecule has 1 unspecified atom stereocenters. The maximum absolute atomic E-state index is 6.12. The van der Waals surface area contributed by atoms with Crippen LogP contribution in [0.3, 0.4) is 0 Å². The van der Waals surface area contributed by atoms with Gasteiger partial charge in [-0.1, -0.05) is 18.2 Å². The third-order valence-electron chi connectivity index (χ3n) is 3.04. The standard InChI is InChI=1S/C14H22NO2P/c1-10(2)15(11(3)4)18-16-9-13-8-6-7-12(5)14(13)17-18/h6-8,10-11H,9H2,1-5H3. The Hall–Kier alpha value is -0.630. The van der Waals surface area contributed by atoms with Crippen molar-refractivity contribution in [2.45, 2.75) is 53.3 Å². The van der Waals surface area contributed by atoms with Crippen LogP contribution in [0.4, 0.5) is 0 Å². The summed E-state index contributed by atoms with van der Waals surface area (Å²) in [6.07, 6.45) is 0. The number of para-hydroxylation sites is 1. The first-order valence-corrected chi connectivity index (χ1v) is 7.61. The fraction of sp³-hybridized carbons (Fsp3) is 0.571. The summed E-state index contributed by atoms with van der Waals surface area (Å²) in [6.45, 7) is 11.5. The van der Waals surface area contributed by atoms with Gasteiger partial charge < -0.3 is 9.05 Å². The van der Waals surface area contributed by atoms with Gasteiger partial charge in [0.15, 0.2) is 0 Å². The summed E-state index contributed by atoms with van der Waals surface area (Å²) in [5, 5.41) is 0. The van der Waals surface area contributed by atoms with Gasteiger partial charge in [-0.2, -0.15) is 0 Å². The molecule has 18 heavy (non-hydrogen) atoms. The molecular weight excluding hydrogens is 245 g/mol. The van der Waals surface area contributed by atoms with Crippen molar-refractivity contribution in [3.63, 3.8) is 0 Å². The fourth-order valence-electron chi connectivity index (χ4n) is 2.27. The molecule has 0 radical (unpaired) electrons. The van der Waals surface area contributed by atoms with E-state index in [9.17, 15) is 0 Å². The molecule has 0 saturated heterocycles. The van der Waals surface area contributed by atoms with Crippen molar-refractivity contribution >= 4 is 8.53 Å². The molecule has 1 aliphatic rings. The van der Waals surface area contributed by atoms with Crippen molar-refractivity contribution in [3.05, 3.63) is 29.3 Å². The highest BCUT2D eigenvalue weighted by atomic mass is 31.2. The molecule has 1 atom stereocenters. The van der Waals surface area contributed by atoms with Crippen molar-refractivity contribution < 1.29 is 9.05 Å². The number of nitrogens with zero attached hydrogens (tertiary/aromatic N) is 1. The van der Waals surface area contributed by atoms with Crippen LogP contribution in [0.15, 0.2) is 18.2 Å². The number of hydrogen-bond donors (Lipinski definition) is 0. The molecule has 0 aromatic heterocycles. The third kappa shape index (κ3) is 2.69. The van der Waals surface area contributed by atoms with Crippen LogP contribution in [-0.2, 0) is 11.1 Å². The maximum Gasteiger partial charge on any atom is 0.321 e. The Bertz CT molecular complexity index is 412. The molecule has 3 nitrogen and oxygen atoms in total. The smallest absolute Gasteiger partial charge is 0.321 e. The van der Waals surface area contributed by atoms with Crippen molar-refractivity contribution in [1.29, 1.82) is 0 Å². The molecule has 100 valence electrons. The van der Waals surface area contributed by atoms with E-state index in [0.29, 0.717) is 18.7 Å². The van der Waals surface area contributed by atoms with Crippen molar-refractivity contribution in [3.8, 4) is 5.75 Å². The second kappa shape index (κ2) is 5.56. The lowest BCUT2D eigenvalue weighted by molar-refractivity contribution is 0.195. The van der Waals surface area contributed by atoms with Gasteiger partial charge in [-0.25, -0.2) is 4.67 Å². The highest BCUT2D eigenvalue weighted by Gasteiger charge is 2.32. The van der Waals surface area contributed by atoms with E-state index in [1.807, 2.05) is 0 Å². The second-order valence-electron chi connectivity index (χ2n) is 5.23. The van der Waals surface area contributed by atoms with Gasteiger partial charge >= 0.3 is 8.53 Å². The van der Waals surface area contributed by atoms with E-state index in [-0.39, 0.29) is 0 Å². The number of rotatable bonds is 3. The largest absolute Gasteiger partial charge is 0.435 e. The quantitative estimate of drug-likeness (QED) is 0.764. The van der Waals surface area contributed by atoms with Gasteiger partial charge in [0.25, 0.3) is 0 Å². The van der Waals surface area contributed by atoms with E-state index in [2.05, 4.69) is 57.5 Å². The zero-order valence-corrected chi connectivity index (χ0v) is 12.7. The van der Waals surface area contributed by atoms with Crippen LogP contribution < -0.4 is 4.52 Å². The van der Waals surface area contributed by atoms with Crippen molar-refractivity contribution in [2.24, 2.45) is 0 Å². The van der Waals surface area contributed by atoms with E-state index >= 15 is 0 Å². The van der Waals surface area contributed by atoms with Crippen LogP contribution >= 0.6 is 8.53 Å². The van der Waals surface area contributed by atoms with Gasteiger partial charge in [0.05, 0.1) is 6.61 Å². The number of benzene rings is 1. The Labute approximate surface area is 111 Å². The predicted molar refractivity (Wildman–Crippen MR) is 75.6 cm³/mol. The van der Waals surface area contributed by atoms with Crippen LogP contribution in [0.1, 0.15) is 38.8 Å². The lowest BCUT2D eigenvalue weighted by atomic mass is 10.1. The molecule has 1 heterocycles. The Kier molecular flexibility index (Phi) is 4.26. The number of fused-ring (bicyclic) bond motifs is 1. The fourth-order valence-corrected chi connectivity index (χ4v) is 3.98. The summed E-state index contributed by atoms with van der Waals surface area (Å²) in [5.74, 6) is 1.01. The molecule has 0 aliphatic carbocycles. The molecule has 0 amide bonds. The summed E-state index contributed by atoms with van der Waals surface area (Å²) in [4.78, 5) is 0. The van der Waals surface area contributed by atoms with Crippen LogP contribution in [-0.4, -0.2) is 16.8 Å². The molecule has 0 bridgehead atoms. The first-order chi connectivity index (χ1) is 8.50. The molecule has 1 aromatic rings. The lowest BCUT2D eigenvalue weighted by Gasteiger charge is -2.38. The molecule has 0 spiro atoms. The predicted octanol–water partition coefficient (Wildman–Crippen LogP) is 4.25. The molecule has 0 fully saturated rings. The van der Waals surface area contributed by atoms with Gasteiger partial charge in [-0.3, -0.25) is 0 Å². The zero-order valence-electron chi connectivity index (χ0n) is 11.8. The van der Waals surface area contributed by atoms with E-state index in [4.69, 9.17) is 9.05 Å². The monoisotopic (exact) mass is 267 g/mol. The summed E-state index contributed by atoms with van der Waals surface area (Å²) in [6, 6.07) is 7.05. The van der Waals surface area contributed by atoms with Crippen molar-refractivity contribution in [2.75, 3.05) is 0 Å². The van der Waals surface area contributed by atoms with Crippen LogP contribution in [0.5, 0.6) is 5.75 Å². The average Bonchev–Trinajstić information content (AvgIpc) is 2.29.